The van der Waals surface area contributed by atoms with Gasteiger partial charge in [-0.05, 0) is 116 Å². The highest BCUT2D eigenvalue weighted by molar-refractivity contribution is 7.99. The summed E-state index contributed by atoms with van der Waals surface area (Å²) in [5, 5.41) is 30.3. The number of thioether (sulfide) groups is 1. The predicted octanol–water partition coefficient (Wildman–Crippen LogP) is 7.47. The summed E-state index contributed by atoms with van der Waals surface area (Å²) in [6, 6.07) is 0. The molecule has 0 aromatic carbocycles. The van der Waals surface area contributed by atoms with Crippen molar-refractivity contribution in [1.29, 1.82) is 0 Å². The second-order valence-corrected chi connectivity index (χ2v) is 18.3. The Morgan fingerprint density at radius 3 is 2.46 bits per heavy atom. The molecule has 0 spiro atoms. The Morgan fingerprint density at radius 2 is 1.70 bits per heavy atom. The molecule has 3 unspecified atom stereocenters. The summed E-state index contributed by atoms with van der Waals surface area (Å²) in [7, 11) is 0. The topological polar surface area (TPSA) is 105 Å². The average Bonchev–Trinajstić information content (AvgIpc) is 3.39. The van der Waals surface area contributed by atoms with E-state index >= 15 is 0 Å². The highest BCUT2D eigenvalue weighted by Gasteiger charge is 2.59. The molecule has 4 fully saturated rings. The van der Waals surface area contributed by atoms with Gasteiger partial charge in [-0.25, -0.2) is 0 Å². The van der Waals surface area contributed by atoms with Crippen LogP contribution in [-0.4, -0.2) is 70.2 Å². The van der Waals surface area contributed by atoms with Gasteiger partial charge in [-0.1, -0.05) is 78.4 Å². The molecule has 0 radical (unpaired) electrons. The summed E-state index contributed by atoms with van der Waals surface area (Å²) < 4.78 is 12.2. The fraction of sp³-hybridized carbons (Fsp3) is 0.949. The maximum absolute atomic E-state index is 10.3. The molecular weight excluding hydrogens is 594 g/mol. The number of ether oxygens (including phenoxy) is 2. The summed E-state index contributed by atoms with van der Waals surface area (Å²) in [4.78, 5) is 0. The predicted molar refractivity (Wildman–Crippen MR) is 189 cm³/mol. The van der Waals surface area contributed by atoms with Gasteiger partial charge in [-0.15, -0.1) is 11.8 Å². The number of fused-ring (bicyclic) bond motifs is 5. The third kappa shape index (κ3) is 7.92. The van der Waals surface area contributed by atoms with Crippen molar-refractivity contribution < 1.29 is 24.8 Å². The minimum Gasteiger partial charge on any atom is -0.388 e. The van der Waals surface area contributed by atoms with Gasteiger partial charge in [0, 0.05) is 13.2 Å². The van der Waals surface area contributed by atoms with Gasteiger partial charge in [0.25, 0.3) is 0 Å². The van der Waals surface area contributed by atoms with Crippen LogP contribution in [0.3, 0.4) is 0 Å². The van der Waals surface area contributed by atoms with E-state index in [1.54, 1.807) is 5.57 Å². The third-order valence-electron chi connectivity index (χ3n) is 13.8. The van der Waals surface area contributed by atoms with E-state index in [-0.39, 0.29) is 6.54 Å². The molecule has 7 heteroatoms. The van der Waals surface area contributed by atoms with E-state index in [0.29, 0.717) is 16.9 Å². The number of nitrogens with two attached hydrogens (primary N) is 1. The molecule has 1 saturated heterocycles. The summed E-state index contributed by atoms with van der Waals surface area (Å²) in [5.41, 5.74) is 7.78. The summed E-state index contributed by atoms with van der Waals surface area (Å²) in [6.45, 7) is 13.6. The molecule has 3 saturated carbocycles. The van der Waals surface area contributed by atoms with E-state index in [4.69, 9.17) is 15.2 Å². The normalized spacial score (nSPS) is 43.1. The van der Waals surface area contributed by atoms with Crippen molar-refractivity contribution >= 4 is 11.8 Å². The zero-order chi connectivity index (χ0) is 33.1. The van der Waals surface area contributed by atoms with Crippen LogP contribution in [0.15, 0.2) is 11.6 Å². The molecule has 5 aliphatic rings. The van der Waals surface area contributed by atoms with Gasteiger partial charge in [0.05, 0.1) is 12.2 Å². The van der Waals surface area contributed by atoms with Crippen molar-refractivity contribution in [1.82, 2.24) is 0 Å². The Labute approximate surface area is 285 Å². The first-order valence-corrected chi connectivity index (χ1v) is 20.4. The second kappa shape index (κ2) is 16.2. The molecule has 5 N–H and O–H groups in total. The van der Waals surface area contributed by atoms with Crippen molar-refractivity contribution in [2.24, 2.45) is 52.1 Å². The van der Waals surface area contributed by atoms with Crippen LogP contribution in [0.25, 0.3) is 0 Å². The van der Waals surface area contributed by atoms with E-state index in [1.807, 2.05) is 0 Å². The van der Waals surface area contributed by atoms with Crippen molar-refractivity contribution in [3.05, 3.63) is 11.6 Å². The molecular formula is C39H69NO5S. The van der Waals surface area contributed by atoms with Gasteiger partial charge in [0.15, 0.2) is 0 Å². The highest BCUT2D eigenvalue weighted by Crippen LogP contribution is 2.67. The average molecular weight is 664 g/mol. The molecule has 4 aliphatic carbocycles. The van der Waals surface area contributed by atoms with Gasteiger partial charge in [0.1, 0.15) is 23.7 Å². The number of hydrogen-bond donors (Lipinski definition) is 4. The smallest absolute Gasteiger partial charge is 0.132 e. The molecule has 46 heavy (non-hydrogen) atoms. The lowest BCUT2D eigenvalue weighted by Crippen LogP contribution is -2.58. The van der Waals surface area contributed by atoms with Crippen molar-refractivity contribution in [3.63, 3.8) is 0 Å². The van der Waals surface area contributed by atoms with Crippen LogP contribution < -0.4 is 5.73 Å². The number of unbranched alkanes of at least 4 members (excludes halogenated alkanes) is 3. The number of aliphatic hydroxyl groups excluding tert-OH is 3. The SMILES string of the molecule is CC(C)CCC[C@@H](C)[C@H]1CCC2C3CC=C4C[C@@H](OCCCCCCS[C@H]5O[C@H](CN)[C@@H](O)[C@H](O)[C@@H]5O)CC[C@]4(C)C3CC[C@@]21C. The minimum absolute atomic E-state index is 0.124. The Balaban J connectivity index is 1.02. The van der Waals surface area contributed by atoms with Crippen LogP contribution >= 0.6 is 11.8 Å². The van der Waals surface area contributed by atoms with Gasteiger partial charge in [-0.3, -0.25) is 0 Å². The van der Waals surface area contributed by atoms with Gasteiger partial charge < -0.3 is 30.5 Å². The molecule has 0 bridgehead atoms. The van der Waals surface area contributed by atoms with Gasteiger partial charge >= 0.3 is 0 Å². The third-order valence-corrected chi connectivity index (χ3v) is 15.1. The van der Waals surface area contributed by atoms with Crippen LogP contribution in [0.5, 0.6) is 0 Å². The Morgan fingerprint density at radius 1 is 0.913 bits per heavy atom. The first-order valence-electron chi connectivity index (χ1n) is 19.3. The highest BCUT2D eigenvalue weighted by atomic mass is 32.2. The van der Waals surface area contributed by atoms with Crippen LogP contribution in [0.1, 0.15) is 131 Å². The summed E-state index contributed by atoms with van der Waals surface area (Å²) >= 11 is 1.51. The lowest BCUT2D eigenvalue weighted by atomic mass is 9.47. The lowest BCUT2D eigenvalue weighted by Gasteiger charge is -2.58. The minimum atomic E-state index is -1.21. The van der Waals surface area contributed by atoms with Crippen molar-refractivity contribution in [2.45, 2.75) is 167 Å². The maximum atomic E-state index is 10.3. The summed E-state index contributed by atoms with van der Waals surface area (Å²) in [6.07, 6.45) is 18.4. The van der Waals surface area contributed by atoms with Gasteiger partial charge in [0.2, 0.25) is 0 Å². The van der Waals surface area contributed by atoms with Gasteiger partial charge in [-0.2, -0.15) is 0 Å². The Bertz CT molecular complexity index is 991. The van der Waals surface area contributed by atoms with Crippen LogP contribution in [0.2, 0.25) is 0 Å². The monoisotopic (exact) mass is 663 g/mol. The van der Waals surface area contributed by atoms with E-state index < -0.39 is 29.9 Å². The molecule has 13 atom stereocenters. The van der Waals surface area contributed by atoms with Crippen LogP contribution in [0, 0.1) is 46.3 Å². The maximum Gasteiger partial charge on any atom is 0.132 e. The summed E-state index contributed by atoms with van der Waals surface area (Å²) in [5.74, 6) is 6.17. The molecule has 6 nitrogen and oxygen atoms in total. The number of aliphatic hydroxyl groups is 3. The zero-order valence-electron chi connectivity index (χ0n) is 29.9. The quantitative estimate of drug-likeness (QED) is 0.106. The number of hydrogen-bond acceptors (Lipinski definition) is 7. The largest absolute Gasteiger partial charge is 0.388 e. The van der Waals surface area contributed by atoms with Crippen LogP contribution in [-0.2, 0) is 9.47 Å². The molecule has 5 rings (SSSR count). The second-order valence-electron chi connectivity index (χ2n) is 17.1. The number of rotatable bonds is 15. The molecule has 1 aliphatic heterocycles. The standard InChI is InChI=1S/C39H69NO5S/c1-25(2)11-10-12-26(3)30-15-16-31-29-14-13-27-23-28(17-19-38(27,4)32(29)18-20-39(30,31)5)44-21-8-6-7-9-22-46-37-36(43)35(42)34(41)33(24-40)45-37/h13,25-26,28-37,41-43H,6-12,14-24,40H2,1-5H3/t26-,28+,29?,30-,31?,32?,33-,34-,35+,36+,37-,38+,39-/m1/s1. The van der Waals surface area contributed by atoms with Crippen molar-refractivity contribution in [2.75, 3.05) is 18.9 Å². The molecule has 0 aromatic rings. The molecule has 0 amide bonds. The fourth-order valence-electron chi connectivity index (χ4n) is 11.1. The van der Waals surface area contributed by atoms with Crippen molar-refractivity contribution in [3.8, 4) is 0 Å². The fourth-order valence-corrected chi connectivity index (χ4v) is 12.2. The molecule has 0 aromatic heterocycles. The lowest BCUT2D eigenvalue weighted by molar-refractivity contribution is -0.194. The number of allylic oxidation sites excluding steroid dienone is 1. The van der Waals surface area contributed by atoms with E-state index in [2.05, 4.69) is 40.7 Å². The first-order chi connectivity index (χ1) is 22.0. The Hall–Kier alpha value is -0.150. The van der Waals surface area contributed by atoms with E-state index in [9.17, 15) is 15.3 Å². The zero-order valence-corrected chi connectivity index (χ0v) is 30.7. The molecule has 1 heterocycles. The van der Waals surface area contributed by atoms with Crippen LogP contribution in [0.4, 0.5) is 0 Å². The molecule has 266 valence electrons. The van der Waals surface area contributed by atoms with E-state index in [1.165, 1.54) is 76.0 Å². The first kappa shape index (κ1) is 37.1. The van der Waals surface area contributed by atoms with E-state index in [0.717, 1.165) is 80.0 Å². The Kier molecular flexibility index (Phi) is 13.1.